The van der Waals surface area contributed by atoms with Gasteiger partial charge in [0.25, 0.3) is 5.91 Å². The lowest BCUT2D eigenvalue weighted by atomic mass is 10.1. The number of hydrogen-bond donors (Lipinski definition) is 0. The number of hydrogen-bond acceptors (Lipinski definition) is 5. The van der Waals surface area contributed by atoms with Gasteiger partial charge in [0.1, 0.15) is 5.75 Å². The summed E-state index contributed by atoms with van der Waals surface area (Å²) in [5.74, 6) is 1.53. The lowest BCUT2D eigenvalue weighted by Gasteiger charge is -2.35. The van der Waals surface area contributed by atoms with Gasteiger partial charge >= 0.3 is 0 Å². The van der Waals surface area contributed by atoms with Crippen LogP contribution in [0.4, 0.5) is 5.82 Å². The van der Waals surface area contributed by atoms with Gasteiger partial charge in [-0.2, -0.15) is 0 Å². The molecule has 2 heterocycles. The minimum Gasteiger partial charge on any atom is -0.484 e. The minimum atomic E-state index is -0.000962. The Bertz CT molecular complexity index is 1040. The zero-order chi connectivity index (χ0) is 21.8. The fraction of sp³-hybridized carbons (Fsp3) is 0.292. The molecular formula is C24H25ClN4O2. The average Bonchev–Trinajstić information content (AvgIpc) is 2.77. The predicted molar refractivity (Wildman–Crippen MR) is 123 cm³/mol. The maximum absolute atomic E-state index is 12.6. The lowest BCUT2D eigenvalue weighted by Crippen LogP contribution is -2.50. The molecule has 160 valence electrons. The van der Waals surface area contributed by atoms with E-state index < -0.39 is 0 Å². The number of carbonyl (C=O) groups excluding carboxylic acids is 1. The van der Waals surface area contributed by atoms with Crippen LogP contribution < -0.4 is 9.64 Å². The van der Waals surface area contributed by atoms with Crippen molar-refractivity contribution in [1.29, 1.82) is 0 Å². The van der Waals surface area contributed by atoms with E-state index in [9.17, 15) is 4.79 Å². The van der Waals surface area contributed by atoms with Gasteiger partial charge in [0.2, 0.25) is 0 Å². The highest BCUT2D eigenvalue weighted by Crippen LogP contribution is 2.26. The Morgan fingerprint density at radius 1 is 0.968 bits per heavy atom. The zero-order valence-corrected chi connectivity index (χ0v) is 18.5. The Morgan fingerprint density at radius 2 is 1.68 bits per heavy atom. The maximum atomic E-state index is 12.6. The molecule has 1 aliphatic heterocycles. The van der Waals surface area contributed by atoms with Crippen molar-refractivity contribution in [2.45, 2.75) is 13.8 Å². The standard InChI is InChI=1S/C24H25ClN4O2/c1-17-13-18(2)15-19(14-17)31-16-24(30)29-11-9-28(10-12-29)23-8-7-22(26-27-23)20-5-3-4-6-21(20)25/h3-8,13-15H,9-12,16H2,1-2H3. The first-order valence-electron chi connectivity index (χ1n) is 10.3. The van der Waals surface area contributed by atoms with E-state index in [0.29, 0.717) is 31.2 Å². The van der Waals surface area contributed by atoms with Crippen LogP contribution in [0.3, 0.4) is 0 Å². The van der Waals surface area contributed by atoms with Crippen molar-refractivity contribution in [2.75, 3.05) is 37.7 Å². The highest BCUT2D eigenvalue weighted by molar-refractivity contribution is 6.33. The highest BCUT2D eigenvalue weighted by atomic mass is 35.5. The van der Waals surface area contributed by atoms with Gasteiger partial charge in [0.05, 0.1) is 10.7 Å². The molecule has 1 aromatic heterocycles. The van der Waals surface area contributed by atoms with Gasteiger partial charge in [-0.1, -0.05) is 35.9 Å². The molecule has 1 saturated heterocycles. The molecule has 0 spiro atoms. The van der Waals surface area contributed by atoms with Crippen molar-refractivity contribution >= 4 is 23.3 Å². The van der Waals surface area contributed by atoms with E-state index >= 15 is 0 Å². The predicted octanol–water partition coefficient (Wildman–Crippen LogP) is 4.14. The van der Waals surface area contributed by atoms with Gasteiger partial charge in [-0.15, -0.1) is 10.2 Å². The topological polar surface area (TPSA) is 58.6 Å². The summed E-state index contributed by atoms with van der Waals surface area (Å²) < 4.78 is 5.72. The molecule has 1 aliphatic rings. The second kappa shape index (κ2) is 9.35. The van der Waals surface area contributed by atoms with Crippen LogP contribution in [0.25, 0.3) is 11.3 Å². The summed E-state index contributed by atoms with van der Waals surface area (Å²) in [7, 11) is 0. The molecule has 31 heavy (non-hydrogen) atoms. The fourth-order valence-corrected chi connectivity index (χ4v) is 3.98. The molecule has 0 atom stereocenters. The Hall–Kier alpha value is -3.12. The van der Waals surface area contributed by atoms with Gasteiger partial charge in [0, 0.05) is 31.7 Å². The second-order valence-corrected chi connectivity index (χ2v) is 8.14. The third-order valence-electron chi connectivity index (χ3n) is 5.31. The first-order valence-corrected chi connectivity index (χ1v) is 10.7. The number of carbonyl (C=O) groups is 1. The smallest absolute Gasteiger partial charge is 0.260 e. The van der Waals surface area contributed by atoms with Crippen LogP contribution in [-0.4, -0.2) is 53.8 Å². The maximum Gasteiger partial charge on any atom is 0.260 e. The molecule has 0 radical (unpaired) electrons. The van der Waals surface area contributed by atoms with E-state index in [1.54, 1.807) is 0 Å². The first-order chi connectivity index (χ1) is 15.0. The Labute approximate surface area is 187 Å². The number of amides is 1. The number of aryl methyl sites for hydroxylation is 2. The molecule has 1 fully saturated rings. The van der Waals surface area contributed by atoms with Gasteiger partial charge in [-0.3, -0.25) is 4.79 Å². The molecule has 2 aromatic carbocycles. The molecule has 0 saturated carbocycles. The van der Waals surface area contributed by atoms with Crippen molar-refractivity contribution in [1.82, 2.24) is 15.1 Å². The first kappa shape index (κ1) is 21.1. The van der Waals surface area contributed by atoms with Gasteiger partial charge in [-0.25, -0.2) is 0 Å². The summed E-state index contributed by atoms with van der Waals surface area (Å²) in [6.07, 6.45) is 0. The Morgan fingerprint density at radius 3 is 2.32 bits per heavy atom. The summed E-state index contributed by atoms with van der Waals surface area (Å²) >= 11 is 6.25. The zero-order valence-electron chi connectivity index (χ0n) is 17.7. The number of rotatable bonds is 5. The highest BCUT2D eigenvalue weighted by Gasteiger charge is 2.22. The van der Waals surface area contributed by atoms with E-state index in [-0.39, 0.29) is 12.5 Å². The van der Waals surface area contributed by atoms with Crippen LogP contribution in [0.2, 0.25) is 5.02 Å². The van der Waals surface area contributed by atoms with Crippen LogP contribution >= 0.6 is 11.6 Å². The molecule has 0 bridgehead atoms. The third kappa shape index (κ3) is 5.14. The van der Waals surface area contributed by atoms with E-state index in [0.717, 1.165) is 34.0 Å². The van der Waals surface area contributed by atoms with Crippen LogP contribution in [0.5, 0.6) is 5.75 Å². The number of anilines is 1. The van der Waals surface area contributed by atoms with E-state index in [1.807, 2.05) is 67.3 Å². The van der Waals surface area contributed by atoms with E-state index in [4.69, 9.17) is 16.3 Å². The van der Waals surface area contributed by atoms with Crippen LogP contribution in [-0.2, 0) is 4.79 Å². The summed E-state index contributed by atoms with van der Waals surface area (Å²) in [6, 6.07) is 17.4. The van der Waals surface area contributed by atoms with E-state index in [2.05, 4.69) is 21.2 Å². The molecule has 0 aliphatic carbocycles. The fourth-order valence-electron chi connectivity index (χ4n) is 3.74. The Balaban J connectivity index is 1.31. The number of aromatic nitrogens is 2. The SMILES string of the molecule is Cc1cc(C)cc(OCC(=O)N2CCN(c3ccc(-c4ccccc4Cl)nn3)CC2)c1. The minimum absolute atomic E-state index is 0.000962. The van der Waals surface area contributed by atoms with Crippen molar-refractivity contribution in [3.63, 3.8) is 0 Å². The van der Waals surface area contributed by atoms with Gasteiger partial charge in [0.15, 0.2) is 12.4 Å². The van der Waals surface area contributed by atoms with Crippen molar-refractivity contribution in [3.05, 3.63) is 70.7 Å². The van der Waals surface area contributed by atoms with Crippen molar-refractivity contribution < 1.29 is 9.53 Å². The largest absolute Gasteiger partial charge is 0.484 e. The Kier molecular flexibility index (Phi) is 6.37. The summed E-state index contributed by atoms with van der Waals surface area (Å²) in [5, 5.41) is 9.36. The molecular weight excluding hydrogens is 412 g/mol. The van der Waals surface area contributed by atoms with Crippen LogP contribution in [0, 0.1) is 13.8 Å². The molecule has 6 nitrogen and oxygen atoms in total. The molecule has 4 rings (SSSR count). The molecule has 0 unspecified atom stereocenters. The van der Waals surface area contributed by atoms with Crippen molar-refractivity contribution in [2.24, 2.45) is 0 Å². The average molecular weight is 437 g/mol. The number of ether oxygens (including phenoxy) is 1. The number of nitrogens with zero attached hydrogens (tertiary/aromatic N) is 4. The van der Waals surface area contributed by atoms with E-state index in [1.165, 1.54) is 0 Å². The third-order valence-corrected chi connectivity index (χ3v) is 5.64. The summed E-state index contributed by atoms with van der Waals surface area (Å²) in [4.78, 5) is 16.5. The van der Waals surface area contributed by atoms with Crippen molar-refractivity contribution in [3.8, 4) is 17.0 Å². The molecule has 1 amide bonds. The molecule has 7 heteroatoms. The lowest BCUT2D eigenvalue weighted by molar-refractivity contribution is -0.133. The normalized spacial score (nSPS) is 13.9. The number of benzene rings is 2. The molecule has 3 aromatic rings. The van der Waals surface area contributed by atoms with Crippen LogP contribution in [0.1, 0.15) is 11.1 Å². The van der Waals surface area contributed by atoms with Gasteiger partial charge in [-0.05, 0) is 55.3 Å². The second-order valence-electron chi connectivity index (χ2n) is 7.74. The van der Waals surface area contributed by atoms with Gasteiger partial charge < -0.3 is 14.5 Å². The number of piperazine rings is 1. The quantitative estimate of drug-likeness (QED) is 0.601. The summed E-state index contributed by atoms with van der Waals surface area (Å²) in [6.45, 7) is 6.75. The van der Waals surface area contributed by atoms with Crippen LogP contribution in [0.15, 0.2) is 54.6 Å². The molecule has 0 N–H and O–H groups in total. The monoisotopic (exact) mass is 436 g/mol. The number of halogens is 1. The summed E-state index contributed by atoms with van der Waals surface area (Å²) in [5.41, 5.74) is 3.85.